The number of fused-ring (bicyclic) bond motifs is 1. The van der Waals surface area contributed by atoms with Crippen LogP contribution >= 0.6 is 28.7 Å². The first-order valence-corrected chi connectivity index (χ1v) is 8.69. The molecule has 10 heteroatoms. The SMILES string of the molecule is Br.COc1ccc(-c2nnc3n2N=C(c2ccc([N+](=O)[O-])cc2)CS3)cc1. The summed E-state index contributed by atoms with van der Waals surface area (Å²) in [6, 6.07) is 13.9. The number of methoxy groups -OCH3 is 1. The highest BCUT2D eigenvalue weighted by molar-refractivity contribution is 8.93. The number of ether oxygens (including phenoxy) is 1. The molecule has 138 valence electrons. The van der Waals surface area contributed by atoms with Gasteiger partial charge < -0.3 is 4.74 Å². The predicted octanol–water partition coefficient (Wildman–Crippen LogP) is 3.80. The lowest BCUT2D eigenvalue weighted by atomic mass is 10.1. The molecular weight excluding hydrogens is 434 g/mol. The van der Waals surface area contributed by atoms with Crippen LogP contribution in [-0.4, -0.2) is 38.4 Å². The molecule has 0 unspecified atom stereocenters. The second kappa shape index (κ2) is 7.89. The summed E-state index contributed by atoms with van der Waals surface area (Å²) >= 11 is 1.53. The molecule has 0 radical (unpaired) electrons. The first-order valence-electron chi connectivity index (χ1n) is 7.71. The normalized spacial score (nSPS) is 12.6. The number of hydrogen-bond donors (Lipinski definition) is 0. The van der Waals surface area contributed by atoms with Crippen molar-refractivity contribution in [3.63, 3.8) is 0 Å². The lowest BCUT2D eigenvalue weighted by molar-refractivity contribution is -0.384. The van der Waals surface area contributed by atoms with E-state index < -0.39 is 4.92 Å². The van der Waals surface area contributed by atoms with Gasteiger partial charge in [0.1, 0.15) is 5.75 Å². The zero-order valence-electron chi connectivity index (χ0n) is 14.1. The number of nitro benzene ring substituents is 1. The van der Waals surface area contributed by atoms with Gasteiger partial charge in [0.2, 0.25) is 5.16 Å². The second-order valence-corrected chi connectivity index (χ2v) is 6.43. The lowest BCUT2D eigenvalue weighted by Gasteiger charge is -2.14. The van der Waals surface area contributed by atoms with Gasteiger partial charge in [0, 0.05) is 23.4 Å². The quantitative estimate of drug-likeness (QED) is 0.445. The Morgan fingerprint density at radius 3 is 2.37 bits per heavy atom. The maximum atomic E-state index is 10.8. The van der Waals surface area contributed by atoms with Crippen molar-refractivity contribution in [2.45, 2.75) is 5.16 Å². The Morgan fingerprint density at radius 2 is 1.74 bits per heavy atom. The number of aromatic nitrogens is 3. The summed E-state index contributed by atoms with van der Waals surface area (Å²) in [6.07, 6.45) is 0. The molecule has 0 amide bonds. The van der Waals surface area contributed by atoms with Gasteiger partial charge in [0.15, 0.2) is 5.82 Å². The van der Waals surface area contributed by atoms with Crippen molar-refractivity contribution in [2.24, 2.45) is 5.10 Å². The van der Waals surface area contributed by atoms with Crippen LogP contribution in [0, 0.1) is 10.1 Å². The summed E-state index contributed by atoms with van der Waals surface area (Å²) in [5.41, 5.74) is 2.58. The summed E-state index contributed by atoms with van der Waals surface area (Å²) in [4.78, 5) is 10.4. The smallest absolute Gasteiger partial charge is 0.269 e. The van der Waals surface area contributed by atoms with Crippen LogP contribution < -0.4 is 4.74 Å². The fourth-order valence-corrected chi connectivity index (χ4v) is 3.40. The van der Waals surface area contributed by atoms with Crippen LogP contribution in [0.4, 0.5) is 5.69 Å². The van der Waals surface area contributed by atoms with Crippen LogP contribution in [-0.2, 0) is 0 Å². The average Bonchev–Trinajstić information content (AvgIpc) is 3.11. The number of thioether (sulfide) groups is 1. The van der Waals surface area contributed by atoms with Crippen molar-refractivity contribution in [1.82, 2.24) is 14.9 Å². The van der Waals surface area contributed by atoms with E-state index in [0.29, 0.717) is 16.7 Å². The fraction of sp³-hybridized carbons (Fsp3) is 0.118. The van der Waals surface area contributed by atoms with Crippen LogP contribution in [0.3, 0.4) is 0 Å². The van der Waals surface area contributed by atoms with Crippen LogP contribution in [0.1, 0.15) is 5.56 Å². The molecule has 2 aromatic carbocycles. The van der Waals surface area contributed by atoms with Crippen molar-refractivity contribution < 1.29 is 9.66 Å². The standard InChI is InChI=1S/C17H13N5O3S.BrH/c1-25-14-8-4-12(5-9-14)16-18-19-17-21(16)20-15(10-26-17)11-2-6-13(7-3-11)22(23)24;/h2-9H,10H2,1H3;1H. The van der Waals surface area contributed by atoms with Gasteiger partial charge >= 0.3 is 0 Å². The molecule has 1 aliphatic rings. The second-order valence-electron chi connectivity index (χ2n) is 5.49. The lowest BCUT2D eigenvalue weighted by Crippen LogP contribution is -2.13. The molecule has 0 bridgehead atoms. The number of hydrogen-bond acceptors (Lipinski definition) is 7. The molecule has 1 aliphatic heterocycles. The van der Waals surface area contributed by atoms with E-state index in [2.05, 4.69) is 15.3 Å². The third-order valence-electron chi connectivity index (χ3n) is 3.93. The number of nitrogens with zero attached hydrogens (tertiary/aromatic N) is 5. The Hall–Kier alpha value is -2.72. The van der Waals surface area contributed by atoms with Crippen molar-refractivity contribution in [2.75, 3.05) is 12.9 Å². The molecule has 0 N–H and O–H groups in total. The Balaban J connectivity index is 0.00000210. The highest BCUT2D eigenvalue weighted by Gasteiger charge is 2.21. The highest BCUT2D eigenvalue weighted by atomic mass is 79.9. The molecule has 0 spiro atoms. The molecule has 8 nitrogen and oxygen atoms in total. The first kappa shape index (κ1) is 19.1. The van der Waals surface area contributed by atoms with E-state index in [1.807, 2.05) is 24.3 Å². The summed E-state index contributed by atoms with van der Waals surface area (Å²) < 4.78 is 6.88. The maximum absolute atomic E-state index is 10.8. The molecule has 0 atom stereocenters. The van der Waals surface area contributed by atoms with E-state index in [9.17, 15) is 10.1 Å². The largest absolute Gasteiger partial charge is 0.497 e. The van der Waals surface area contributed by atoms with Crippen LogP contribution in [0.5, 0.6) is 5.75 Å². The van der Waals surface area contributed by atoms with Crippen molar-refractivity contribution in [1.29, 1.82) is 0 Å². The van der Waals surface area contributed by atoms with E-state index in [1.54, 1.807) is 23.9 Å². The molecule has 4 rings (SSSR count). The van der Waals surface area contributed by atoms with Crippen LogP contribution in [0.15, 0.2) is 58.8 Å². The van der Waals surface area contributed by atoms with Gasteiger partial charge in [-0.1, -0.05) is 11.8 Å². The van der Waals surface area contributed by atoms with Crippen LogP contribution in [0.2, 0.25) is 0 Å². The summed E-state index contributed by atoms with van der Waals surface area (Å²) in [6.45, 7) is 0. The molecule has 0 fully saturated rings. The average molecular weight is 448 g/mol. The Bertz CT molecular complexity index is 1000. The molecule has 0 saturated carbocycles. The van der Waals surface area contributed by atoms with Gasteiger partial charge in [0.05, 0.1) is 17.7 Å². The van der Waals surface area contributed by atoms with Gasteiger partial charge in [-0.3, -0.25) is 10.1 Å². The Morgan fingerprint density at radius 1 is 1.07 bits per heavy atom. The molecule has 27 heavy (non-hydrogen) atoms. The summed E-state index contributed by atoms with van der Waals surface area (Å²) in [7, 11) is 1.62. The molecule has 2 heterocycles. The van der Waals surface area contributed by atoms with E-state index in [-0.39, 0.29) is 22.7 Å². The van der Waals surface area contributed by atoms with E-state index in [0.717, 1.165) is 22.6 Å². The molecular formula is C17H14BrN5O3S. The number of nitro groups is 1. The fourth-order valence-electron chi connectivity index (χ4n) is 2.56. The molecule has 1 aromatic heterocycles. The van der Waals surface area contributed by atoms with E-state index in [4.69, 9.17) is 4.74 Å². The maximum Gasteiger partial charge on any atom is 0.269 e. The van der Waals surface area contributed by atoms with Crippen molar-refractivity contribution in [3.8, 4) is 17.1 Å². The molecule has 0 aliphatic carbocycles. The van der Waals surface area contributed by atoms with Gasteiger partial charge in [-0.2, -0.15) is 9.78 Å². The third kappa shape index (κ3) is 3.71. The number of halogens is 1. The topological polar surface area (TPSA) is 95.4 Å². The number of non-ortho nitro benzene ring substituents is 1. The first-order chi connectivity index (χ1) is 12.7. The Kier molecular flexibility index (Phi) is 5.57. The molecule has 0 saturated heterocycles. The van der Waals surface area contributed by atoms with Gasteiger partial charge in [-0.05, 0) is 42.0 Å². The third-order valence-corrected chi connectivity index (χ3v) is 4.86. The van der Waals surface area contributed by atoms with Crippen LogP contribution in [0.25, 0.3) is 11.4 Å². The van der Waals surface area contributed by atoms with Crippen molar-refractivity contribution in [3.05, 3.63) is 64.2 Å². The zero-order valence-corrected chi connectivity index (χ0v) is 16.6. The summed E-state index contributed by atoms with van der Waals surface area (Å²) in [5.74, 6) is 2.02. The van der Waals surface area contributed by atoms with Gasteiger partial charge in [0.25, 0.3) is 5.69 Å². The van der Waals surface area contributed by atoms with Gasteiger partial charge in [-0.15, -0.1) is 27.2 Å². The van der Waals surface area contributed by atoms with Gasteiger partial charge in [-0.25, -0.2) is 0 Å². The minimum atomic E-state index is -0.416. The minimum Gasteiger partial charge on any atom is -0.497 e. The Labute approximate surface area is 169 Å². The van der Waals surface area contributed by atoms with Crippen molar-refractivity contribution >= 4 is 40.1 Å². The predicted molar refractivity (Wildman–Crippen MR) is 108 cm³/mol. The summed E-state index contributed by atoms with van der Waals surface area (Å²) in [5, 5.41) is 24.6. The zero-order chi connectivity index (χ0) is 18.1. The monoisotopic (exact) mass is 447 g/mol. The minimum absolute atomic E-state index is 0. The number of rotatable bonds is 4. The highest BCUT2D eigenvalue weighted by Crippen LogP contribution is 2.29. The number of benzene rings is 2. The van der Waals surface area contributed by atoms with E-state index >= 15 is 0 Å². The molecule has 3 aromatic rings. The van der Waals surface area contributed by atoms with E-state index in [1.165, 1.54) is 23.9 Å².